The lowest BCUT2D eigenvalue weighted by Gasteiger charge is -2.13. The summed E-state index contributed by atoms with van der Waals surface area (Å²) in [4.78, 5) is 23.6. The predicted octanol–water partition coefficient (Wildman–Crippen LogP) is 0.116. The first kappa shape index (κ1) is 12.5. The molecule has 0 amide bonds. The molecule has 90 valence electrons. The number of nitrogen functional groups attached to an aromatic ring is 1. The van der Waals surface area contributed by atoms with Gasteiger partial charge in [0.2, 0.25) is 0 Å². The highest BCUT2D eigenvalue weighted by atomic mass is 16.2. The molecule has 3 N–H and O–H groups in total. The van der Waals surface area contributed by atoms with E-state index in [2.05, 4.69) is 5.43 Å². The van der Waals surface area contributed by atoms with Crippen molar-refractivity contribution in [1.29, 1.82) is 0 Å². The summed E-state index contributed by atoms with van der Waals surface area (Å²) in [5.74, 6) is 5.65. The molecule has 0 bridgehead atoms. The van der Waals surface area contributed by atoms with Gasteiger partial charge in [0.05, 0.1) is 0 Å². The van der Waals surface area contributed by atoms with Crippen molar-refractivity contribution >= 4 is 5.82 Å². The van der Waals surface area contributed by atoms with Gasteiger partial charge >= 0.3 is 5.69 Å². The van der Waals surface area contributed by atoms with Gasteiger partial charge in [-0.25, -0.2) is 10.6 Å². The van der Waals surface area contributed by atoms with Crippen molar-refractivity contribution in [3.05, 3.63) is 26.9 Å². The summed E-state index contributed by atoms with van der Waals surface area (Å²) in [6.45, 7) is 4.86. The average molecular weight is 226 g/mol. The molecule has 0 atom stereocenters. The summed E-state index contributed by atoms with van der Waals surface area (Å²) < 4.78 is 2.72. The first-order valence-electron chi connectivity index (χ1n) is 5.47. The zero-order valence-corrected chi connectivity index (χ0v) is 9.69. The van der Waals surface area contributed by atoms with E-state index in [1.54, 1.807) is 0 Å². The Bertz CT molecular complexity index is 461. The van der Waals surface area contributed by atoms with Crippen molar-refractivity contribution in [3.8, 4) is 0 Å². The number of hydrogen-bond acceptors (Lipinski definition) is 4. The topological polar surface area (TPSA) is 82.1 Å². The van der Waals surface area contributed by atoms with E-state index in [0.717, 1.165) is 12.8 Å². The Balaban J connectivity index is 3.39. The quantitative estimate of drug-likeness (QED) is 0.551. The Hall–Kier alpha value is -1.56. The molecule has 6 nitrogen and oxygen atoms in total. The minimum Gasteiger partial charge on any atom is -0.310 e. The molecular weight excluding hydrogens is 208 g/mol. The van der Waals surface area contributed by atoms with Crippen LogP contribution in [0.3, 0.4) is 0 Å². The van der Waals surface area contributed by atoms with E-state index in [4.69, 9.17) is 5.84 Å². The third-order valence-corrected chi connectivity index (χ3v) is 2.32. The normalized spacial score (nSPS) is 10.4. The van der Waals surface area contributed by atoms with Crippen LogP contribution in [-0.4, -0.2) is 9.13 Å². The van der Waals surface area contributed by atoms with Gasteiger partial charge in [-0.2, -0.15) is 0 Å². The SMILES string of the molecule is CCCn1c(NN)cc(=O)n(CCC)c1=O. The van der Waals surface area contributed by atoms with Crippen molar-refractivity contribution in [3.63, 3.8) is 0 Å². The lowest BCUT2D eigenvalue weighted by Crippen LogP contribution is -2.41. The van der Waals surface area contributed by atoms with E-state index in [1.807, 2.05) is 13.8 Å². The zero-order chi connectivity index (χ0) is 12.1. The van der Waals surface area contributed by atoms with Gasteiger partial charge in [0.15, 0.2) is 0 Å². The number of nitrogens with one attached hydrogen (secondary N) is 1. The molecule has 1 aromatic rings. The molecule has 0 aliphatic heterocycles. The number of anilines is 1. The van der Waals surface area contributed by atoms with E-state index in [-0.39, 0.29) is 11.2 Å². The van der Waals surface area contributed by atoms with Gasteiger partial charge in [0.1, 0.15) is 5.82 Å². The van der Waals surface area contributed by atoms with Gasteiger partial charge in [-0.05, 0) is 12.8 Å². The van der Waals surface area contributed by atoms with Crippen molar-refractivity contribution < 1.29 is 0 Å². The van der Waals surface area contributed by atoms with Crippen LogP contribution in [0.25, 0.3) is 0 Å². The third kappa shape index (κ3) is 2.33. The Labute approximate surface area is 93.7 Å². The van der Waals surface area contributed by atoms with Crippen LogP contribution in [0.5, 0.6) is 0 Å². The number of rotatable bonds is 5. The van der Waals surface area contributed by atoms with Gasteiger partial charge in [0.25, 0.3) is 5.56 Å². The average Bonchev–Trinajstić information content (AvgIpc) is 2.28. The van der Waals surface area contributed by atoms with Crippen LogP contribution in [0.2, 0.25) is 0 Å². The molecule has 0 fully saturated rings. The van der Waals surface area contributed by atoms with Gasteiger partial charge < -0.3 is 5.43 Å². The summed E-state index contributed by atoms with van der Waals surface area (Å²) in [6.07, 6.45) is 1.55. The van der Waals surface area contributed by atoms with Crippen molar-refractivity contribution in [2.75, 3.05) is 5.43 Å². The lowest BCUT2D eigenvalue weighted by atomic mass is 10.4. The molecule has 0 unspecified atom stereocenters. The summed E-state index contributed by atoms with van der Waals surface area (Å²) in [5, 5.41) is 0. The largest absolute Gasteiger partial charge is 0.332 e. The van der Waals surface area contributed by atoms with E-state index >= 15 is 0 Å². The molecule has 0 aliphatic carbocycles. The standard InChI is InChI=1S/C10H18N4O2/c1-3-5-13-8(12-11)7-9(15)14(6-4-2)10(13)16/h7,12H,3-6,11H2,1-2H3. The fourth-order valence-corrected chi connectivity index (χ4v) is 1.60. The van der Waals surface area contributed by atoms with Crippen LogP contribution in [0.15, 0.2) is 15.7 Å². The van der Waals surface area contributed by atoms with Gasteiger partial charge in [-0.3, -0.25) is 13.9 Å². The van der Waals surface area contributed by atoms with Crippen LogP contribution < -0.4 is 22.5 Å². The number of hydrogen-bond donors (Lipinski definition) is 2. The molecule has 0 saturated heterocycles. The maximum atomic E-state index is 12.0. The minimum absolute atomic E-state index is 0.302. The number of nitrogens with zero attached hydrogens (tertiary/aromatic N) is 2. The molecule has 6 heteroatoms. The van der Waals surface area contributed by atoms with Crippen LogP contribution >= 0.6 is 0 Å². The lowest BCUT2D eigenvalue weighted by molar-refractivity contribution is 0.544. The number of aromatic nitrogens is 2. The van der Waals surface area contributed by atoms with E-state index in [9.17, 15) is 9.59 Å². The zero-order valence-electron chi connectivity index (χ0n) is 9.69. The second-order valence-electron chi connectivity index (χ2n) is 3.60. The number of nitrogens with two attached hydrogens (primary N) is 1. The predicted molar refractivity (Wildman–Crippen MR) is 63.4 cm³/mol. The molecule has 0 spiro atoms. The van der Waals surface area contributed by atoms with E-state index in [0.29, 0.717) is 18.9 Å². The Kier molecular flexibility index (Phi) is 4.30. The summed E-state index contributed by atoms with van der Waals surface area (Å²) in [5.41, 5.74) is 1.77. The second kappa shape index (κ2) is 5.50. The number of hydrazine groups is 1. The maximum absolute atomic E-state index is 12.0. The minimum atomic E-state index is -0.313. The summed E-state index contributed by atoms with van der Waals surface area (Å²) in [7, 11) is 0. The van der Waals surface area contributed by atoms with Crippen LogP contribution in [0.4, 0.5) is 5.82 Å². The maximum Gasteiger partial charge on any atom is 0.332 e. The first-order valence-corrected chi connectivity index (χ1v) is 5.47. The van der Waals surface area contributed by atoms with Crippen molar-refractivity contribution in [2.24, 2.45) is 5.84 Å². The smallest absolute Gasteiger partial charge is 0.310 e. The molecule has 0 saturated carbocycles. The molecule has 0 aliphatic rings. The molecular formula is C10H18N4O2. The third-order valence-electron chi connectivity index (χ3n) is 2.32. The fourth-order valence-electron chi connectivity index (χ4n) is 1.60. The molecule has 0 radical (unpaired) electrons. The van der Waals surface area contributed by atoms with Crippen molar-refractivity contribution in [1.82, 2.24) is 9.13 Å². The molecule has 1 rings (SSSR count). The van der Waals surface area contributed by atoms with Crippen LogP contribution in [-0.2, 0) is 13.1 Å². The van der Waals surface area contributed by atoms with Gasteiger partial charge in [-0.1, -0.05) is 13.8 Å². The fraction of sp³-hybridized carbons (Fsp3) is 0.600. The van der Waals surface area contributed by atoms with Gasteiger partial charge in [-0.15, -0.1) is 0 Å². The molecule has 1 heterocycles. The van der Waals surface area contributed by atoms with Crippen LogP contribution in [0, 0.1) is 0 Å². The monoisotopic (exact) mass is 226 g/mol. The molecule has 16 heavy (non-hydrogen) atoms. The highest BCUT2D eigenvalue weighted by molar-refractivity contribution is 5.32. The highest BCUT2D eigenvalue weighted by Crippen LogP contribution is 1.99. The summed E-state index contributed by atoms with van der Waals surface area (Å²) in [6, 6.07) is 1.35. The van der Waals surface area contributed by atoms with Gasteiger partial charge in [0, 0.05) is 19.2 Å². The molecule has 0 aromatic carbocycles. The van der Waals surface area contributed by atoms with E-state index in [1.165, 1.54) is 15.2 Å². The first-order chi connectivity index (χ1) is 7.65. The molecule has 1 aromatic heterocycles. The Morgan fingerprint density at radius 2 is 1.75 bits per heavy atom. The summed E-state index contributed by atoms with van der Waals surface area (Å²) >= 11 is 0. The second-order valence-corrected chi connectivity index (χ2v) is 3.60. The Morgan fingerprint density at radius 1 is 1.19 bits per heavy atom. The Morgan fingerprint density at radius 3 is 2.25 bits per heavy atom. The highest BCUT2D eigenvalue weighted by Gasteiger charge is 2.09. The van der Waals surface area contributed by atoms with Crippen LogP contribution in [0.1, 0.15) is 26.7 Å². The van der Waals surface area contributed by atoms with Crippen molar-refractivity contribution in [2.45, 2.75) is 39.8 Å². The van der Waals surface area contributed by atoms with E-state index < -0.39 is 0 Å².